The van der Waals surface area contributed by atoms with Crippen molar-refractivity contribution < 1.29 is 0 Å². The van der Waals surface area contributed by atoms with E-state index in [4.69, 9.17) is 0 Å². The maximum Gasteiger partial charge on any atom is 0.0204 e. The van der Waals surface area contributed by atoms with E-state index in [1.165, 1.54) is 32.4 Å². The molecule has 1 aliphatic carbocycles. The normalized spacial score (nSPS) is 35.1. The Labute approximate surface area is 62.6 Å². The number of nitrogens with zero attached hydrogens (tertiary/aromatic N) is 1. The monoisotopic (exact) mass is 140 g/mol. The van der Waals surface area contributed by atoms with E-state index in [1.807, 2.05) is 0 Å². The van der Waals surface area contributed by atoms with Crippen LogP contribution in [0.2, 0.25) is 0 Å². The van der Waals surface area contributed by atoms with Crippen LogP contribution in [0.3, 0.4) is 0 Å². The fourth-order valence-electron chi connectivity index (χ4n) is 1.79. The SMILES string of the molecule is CN[C@H]1CCN(C2CC2)C1. The number of hydrogen-bond acceptors (Lipinski definition) is 2. The minimum Gasteiger partial charge on any atom is -0.316 e. The van der Waals surface area contributed by atoms with Crippen molar-refractivity contribution in [3.63, 3.8) is 0 Å². The molecule has 1 atom stereocenters. The zero-order chi connectivity index (χ0) is 6.97. The maximum absolute atomic E-state index is 3.33. The lowest BCUT2D eigenvalue weighted by atomic mass is 10.3. The van der Waals surface area contributed by atoms with Gasteiger partial charge < -0.3 is 5.32 Å². The van der Waals surface area contributed by atoms with E-state index in [1.54, 1.807) is 0 Å². The van der Waals surface area contributed by atoms with Gasteiger partial charge in [0.05, 0.1) is 0 Å². The van der Waals surface area contributed by atoms with Gasteiger partial charge in [-0.1, -0.05) is 0 Å². The summed E-state index contributed by atoms with van der Waals surface area (Å²) in [5.41, 5.74) is 0. The Kier molecular flexibility index (Phi) is 1.66. The Morgan fingerprint density at radius 1 is 1.30 bits per heavy atom. The van der Waals surface area contributed by atoms with Gasteiger partial charge in [0.1, 0.15) is 0 Å². The predicted molar refractivity (Wildman–Crippen MR) is 42.1 cm³/mol. The van der Waals surface area contributed by atoms with Crippen LogP contribution in [-0.2, 0) is 0 Å². The van der Waals surface area contributed by atoms with Crippen LogP contribution in [0.1, 0.15) is 19.3 Å². The molecule has 2 fully saturated rings. The third-order valence-electron chi connectivity index (χ3n) is 2.69. The summed E-state index contributed by atoms with van der Waals surface area (Å²) in [7, 11) is 2.07. The molecule has 1 N–H and O–H groups in total. The maximum atomic E-state index is 3.33. The fraction of sp³-hybridized carbons (Fsp3) is 1.00. The topological polar surface area (TPSA) is 15.3 Å². The molecule has 1 aliphatic heterocycles. The average molecular weight is 140 g/mol. The van der Waals surface area contributed by atoms with E-state index in [9.17, 15) is 0 Å². The molecule has 1 saturated heterocycles. The molecule has 0 radical (unpaired) electrons. The highest BCUT2D eigenvalue weighted by Crippen LogP contribution is 2.29. The van der Waals surface area contributed by atoms with Crippen molar-refractivity contribution in [1.82, 2.24) is 10.2 Å². The molecule has 2 nitrogen and oxygen atoms in total. The van der Waals surface area contributed by atoms with Crippen molar-refractivity contribution in [2.24, 2.45) is 0 Å². The summed E-state index contributed by atoms with van der Waals surface area (Å²) in [4.78, 5) is 2.63. The molecule has 0 aromatic heterocycles. The molecule has 1 saturated carbocycles. The summed E-state index contributed by atoms with van der Waals surface area (Å²) in [5.74, 6) is 0. The van der Waals surface area contributed by atoms with Crippen LogP contribution in [-0.4, -0.2) is 37.1 Å². The highest BCUT2D eigenvalue weighted by atomic mass is 15.2. The Balaban J connectivity index is 1.81. The molecule has 1 heterocycles. The van der Waals surface area contributed by atoms with E-state index in [0.717, 1.165) is 12.1 Å². The van der Waals surface area contributed by atoms with Gasteiger partial charge in [0, 0.05) is 25.2 Å². The van der Waals surface area contributed by atoms with Crippen molar-refractivity contribution in [1.29, 1.82) is 0 Å². The van der Waals surface area contributed by atoms with Crippen LogP contribution in [0, 0.1) is 0 Å². The molecule has 0 bridgehead atoms. The molecule has 2 rings (SSSR count). The summed E-state index contributed by atoms with van der Waals surface area (Å²) in [6, 6.07) is 1.75. The van der Waals surface area contributed by atoms with E-state index in [-0.39, 0.29) is 0 Å². The van der Waals surface area contributed by atoms with Gasteiger partial charge in [-0.25, -0.2) is 0 Å². The van der Waals surface area contributed by atoms with E-state index >= 15 is 0 Å². The quantitative estimate of drug-likeness (QED) is 0.599. The second-order valence-corrected chi connectivity index (χ2v) is 3.50. The first-order chi connectivity index (χ1) is 4.90. The van der Waals surface area contributed by atoms with Gasteiger partial charge in [-0.15, -0.1) is 0 Å². The highest BCUT2D eigenvalue weighted by molar-refractivity contribution is 4.91. The van der Waals surface area contributed by atoms with Crippen LogP contribution in [0.15, 0.2) is 0 Å². The van der Waals surface area contributed by atoms with Gasteiger partial charge in [0.25, 0.3) is 0 Å². The van der Waals surface area contributed by atoms with Crippen molar-refractivity contribution in [2.45, 2.75) is 31.3 Å². The second-order valence-electron chi connectivity index (χ2n) is 3.50. The van der Waals surface area contributed by atoms with Gasteiger partial charge in [0.15, 0.2) is 0 Å². The lowest BCUT2D eigenvalue weighted by molar-refractivity contribution is 0.320. The van der Waals surface area contributed by atoms with Gasteiger partial charge in [-0.2, -0.15) is 0 Å². The second kappa shape index (κ2) is 2.51. The Hall–Kier alpha value is -0.0800. The molecule has 0 unspecified atom stereocenters. The molecule has 58 valence electrons. The molecular weight excluding hydrogens is 124 g/mol. The van der Waals surface area contributed by atoms with Gasteiger partial charge in [-0.05, 0) is 26.3 Å². The number of rotatable bonds is 2. The Bertz CT molecular complexity index is 120. The van der Waals surface area contributed by atoms with E-state index in [0.29, 0.717) is 0 Å². The Morgan fingerprint density at radius 3 is 2.60 bits per heavy atom. The molecule has 0 spiro atoms. The average Bonchev–Trinajstić information content (AvgIpc) is 2.70. The van der Waals surface area contributed by atoms with Gasteiger partial charge in [0.2, 0.25) is 0 Å². The molecule has 0 amide bonds. The van der Waals surface area contributed by atoms with Crippen molar-refractivity contribution in [3.05, 3.63) is 0 Å². The van der Waals surface area contributed by atoms with Crippen molar-refractivity contribution in [2.75, 3.05) is 20.1 Å². The van der Waals surface area contributed by atoms with E-state index in [2.05, 4.69) is 17.3 Å². The standard InChI is InChI=1S/C8H16N2/c1-9-7-4-5-10(6-7)8-2-3-8/h7-9H,2-6H2,1H3/t7-/m0/s1. The van der Waals surface area contributed by atoms with Crippen molar-refractivity contribution >= 4 is 0 Å². The number of nitrogens with one attached hydrogen (secondary N) is 1. The molecule has 0 aromatic carbocycles. The lowest BCUT2D eigenvalue weighted by Gasteiger charge is -2.13. The fourth-order valence-corrected chi connectivity index (χ4v) is 1.79. The lowest BCUT2D eigenvalue weighted by Crippen LogP contribution is -2.30. The number of likely N-dealkylation sites (tertiary alicyclic amines) is 1. The number of likely N-dealkylation sites (N-methyl/N-ethyl adjacent to an activating group) is 1. The van der Waals surface area contributed by atoms with E-state index < -0.39 is 0 Å². The predicted octanol–water partition coefficient (Wildman–Crippen LogP) is 0.442. The van der Waals surface area contributed by atoms with Crippen LogP contribution in [0.25, 0.3) is 0 Å². The summed E-state index contributed by atoms with van der Waals surface area (Å²) >= 11 is 0. The van der Waals surface area contributed by atoms with Gasteiger partial charge >= 0.3 is 0 Å². The van der Waals surface area contributed by atoms with Crippen LogP contribution in [0.5, 0.6) is 0 Å². The molecular formula is C8H16N2. The summed E-state index contributed by atoms with van der Waals surface area (Å²) in [6.07, 6.45) is 4.26. The summed E-state index contributed by atoms with van der Waals surface area (Å²) in [6.45, 7) is 2.62. The van der Waals surface area contributed by atoms with Crippen molar-refractivity contribution in [3.8, 4) is 0 Å². The first kappa shape index (κ1) is 6.62. The number of hydrogen-bond donors (Lipinski definition) is 1. The molecule has 2 aliphatic rings. The smallest absolute Gasteiger partial charge is 0.0204 e. The first-order valence-electron chi connectivity index (χ1n) is 4.31. The zero-order valence-corrected chi connectivity index (χ0v) is 6.64. The summed E-state index contributed by atoms with van der Waals surface area (Å²) in [5, 5.41) is 3.33. The minimum atomic E-state index is 0.778. The molecule has 2 heteroatoms. The third-order valence-corrected chi connectivity index (χ3v) is 2.69. The van der Waals surface area contributed by atoms with Gasteiger partial charge in [-0.3, -0.25) is 4.90 Å². The highest BCUT2D eigenvalue weighted by Gasteiger charge is 2.33. The summed E-state index contributed by atoms with van der Waals surface area (Å²) < 4.78 is 0. The van der Waals surface area contributed by atoms with Crippen LogP contribution in [0.4, 0.5) is 0 Å². The minimum absolute atomic E-state index is 0.778. The first-order valence-corrected chi connectivity index (χ1v) is 4.31. The molecule has 10 heavy (non-hydrogen) atoms. The van der Waals surface area contributed by atoms with Crippen LogP contribution >= 0.6 is 0 Å². The molecule has 0 aromatic rings. The zero-order valence-electron chi connectivity index (χ0n) is 6.64. The van der Waals surface area contributed by atoms with Crippen LogP contribution < -0.4 is 5.32 Å². The Morgan fingerprint density at radius 2 is 2.10 bits per heavy atom. The third kappa shape index (κ3) is 1.18. The largest absolute Gasteiger partial charge is 0.316 e.